The van der Waals surface area contributed by atoms with Crippen LogP contribution in [-0.2, 0) is 5.41 Å². The van der Waals surface area contributed by atoms with Crippen LogP contribution in [0.5, 0.6) is 0 Å². The number of rotatable bonds is 4. The zero-order valence-corrected chi connectivity index (χ0v) is 36.6. The van der Waals surface area contributed by atoms with Gasteiger partial charge in [-0.25, -0.2) is 0 Å². The molecule has 1 saturated carbocycles. The topological polar surface area (TPSA) is 19.4 Å². The highest BCUT2D eigenvalue weighted by Crippen LogP contribution is 2.74. The van der Waals surface area contributed by atoms with E-state index >= 15 is 0 Å². The molecule has 5 heterocycles. The first kappa shape index (κ1) is 36.1. The first-order valence-electron chi connectivity index (χ1n) is 22.9. The van der Waals surface area contributed by atoms with Crippen LogP contribution in [0.1, 0.15) is 73.8 Å². The van der Waals surface area contributed by atoms with Crippen molar-refractivity contribution >= 4 is 74.8 Å². The standard InChI is InChI=1S/C56H51N3SSi/c1-5-19-52-48(15-1)58(49-16-2-6-20-53(49)60(52)33-11-12-34-60)42-28-30-45-44-29-24-40(37-46(44)56(47(45)38-42)31-9-10-32-56)23-25-41-26-27-43(39-57-41)59-50-17-3-7-21-54(50)61(35-13-14-36-61)55-22-8-4-18-51(55)59/h1-8,15-30,37-39H,9-14,31-36H2/b25-23+. The van der Waals surface area contributed by atoms with Crippen LogP contribution in [0.2, 0.25) is 12.1 Å². The smallest absolute Gasteiger partial charge is 0.123 e. The second-order valence-electron chi connectivity index (χ2n) is 18.5. The van der Waals surface area contributed by atoms with Crippen LogP contribution in [0.3, 0.4) is 0 Å². The van der Waals surface area contributed by atoms with E-state index in [9.17, 15) is 0 Å². The van der Waals surface area contributed by atoms with Crippen LogP contribution in [0, 0.1) is 0 Å². The SMILES string of the molecule is C(=C\c1ccc(N2c3ccccc3[Si]3(CCCC3)c3ccccc32)cn1)/c1ccc2c(c1)C1(CCCC1)c1cc(N3c4ccccc4S4(CCCC4)c4ccccc43)ccc1-2. The molecule has 3 spiro atoms. The Morgan fingerprint density at radius 1 is 0.508 bits per heavy atom. The summed E-state index contributed by atoms with van der Waals surface area (Å²) >= 11 is 0. The summed E-state index contributed by atoms with van der Waals surface area (Å²) in [6.45, 7) is 0. The molecule has 6 aromatic carbocycles. The van der Waals surface area contributed by atoms with E-state index in [-0.39, 0.29) is 5.41 Å². The molecule has 61 heavy (non-hydrogen) atoms. The van der Waals surface area contributed by atoms with E-state index in [1.165, 1.54) is 131 Å². The summed E-state index contributed by atoms with van der Waals surface area (Å²) in [4.78, 5) is 13.3. The Morgan fingerprint density at radius 2 is 1.07 bits per heavy atom. The van der Waals surface area contributed by atoms with E-state index in [2.05, 4.69) is 174 Å². The third kappa shape index (κ3) is 5.14. The molecule has 3 fully saturated rings. The molecule has 0 bridgehead atoms. The lowest BCUT2D eigenvalue weighted by atomic mass is 9.76. The molecular weight excluding hydrogens is 775 g/mol. The normalized spacial score (nSPS) is 19.8. The lowest BCUT2D eigenvalue weighted by Crippen LogP contribution is -2.60. The Hall–Kier alpha value is -5.62. The number of benzene rings is 6. The number of fused-ring (bicyclic) bond motifs is 13. The Labute approximate surface area is 363 Å². The molecule has 0 atom stereocenters. The minimum absolute atomic E-state index is 0.0537. The first-order valence-corrected chi connectivity index (χ1v) is 27.3. The van der Waals surface area contributed by atoms with Crippen LogP contribution in [0.15, 0.2) is 162 Å². The number of hydrogen-bond acceptors (Lipinski definition) is 3. The third-order valence-corrected chi connectivity index (χ3v) is 25.3. The van der Waals surface area contributed by atoms with Gasteiger partial charge in [-0.1, -0.05) is 117 Å². The summed E-state index contributed by atoms with van der Waals surface area (Å²) < 4.78 is 0. The summed E-state index contributed by atoms with van der Waals surface area (Å²) in [5.41, 5.74) is 16.1. The largest absolute Gasteiger partial charge is 0.309 e. The van der Waals surface area contributed by atoms with Gasteiger partial charge in [-0.15, -0.1) is 0 Å². The van der Waals surface area contributed by atoms with E-state index in [1.54, 1.807) is 20.2 Å². The average molecular weight is 826 g/mol. The Bertz CT molecular complexity index is 2820. The van der Waals surface area contributed by atoms with E-state index in [4.69, 9.17) is 4.98 Å². The van der Waals surface area contributed by atoms with Crippen molar-refractivity contribution in [3.63, 3.8) is 0 Å². The number of anilines is 6. The summed E-state index contributed by atoms with van der Waals surface area (Å²) in [6.07, 6.45) is 16.9. The van der Waals surface area contributed by atoms with Gasteiger partial charge in [-0.3, -0.25) is 4.98 Å². The maximum Gasteiger partial charge on any atom is 0.123 e. The molecule has 3 nitrogen and oxygen atoms in total. The van der Waals surface area contributed by atoms with Crippen LogP contribution in [-0.4, -0.2) is 24.6 Å². The fourth-order valence-corrected chi connectivity index (χ4v) is 23.0. The fraction of sp³-hybridized carbons (Fsp3) is 0.232. The summed E-state index contributed by atoms with van der Waals surface area (Å²) in [5.74, 6) is 2.64. The van der Waals surface area contributed by atoms with Crippen molar-refractivity contribution in [2.75, 3.05) is 21.3 Å². The summed E-state index contributed by atoms with van der Waals surface area (Å²) in [5, 5.41) is 3.20. The Morgan fingerprint density at radius 3 is 1.70 bits per heavy atom. The molecule has 6 aliphatic rings. The molecule has 0 amide bonds. The highest BCUT2D eigenvalue weighted by molar-refractivity contribution is 8.34. The van der Waals surface area contributed by atoms with Gasteiger partial charge in [0.2, 0.25) is 0 Å². The van der Waals surface area contributed by atoms with Gasteiger partial charge >= 0.3 is 0 Å². The second kappa shape index (κ2) is 13.7. The number of para-hydroxylation sites is 4. The van der Waals surface area contributed by atoms with Gasteiger partial charge in [0.1, 0.15) is 8.07 Å². The molecule has 7 aromatic rings. The van der Waals surface area contributed by atoms with Gasteiger partial charge in [0.05, 0.1) is 29.0 Å². The molecular formula is C56H51N3SSi. The molecule has 0 radical (unpaired) electrons. The Kier molecular flexibility index (Phi) is 8.10. The molecule has 0 unspecified atom stereocenters. The number of hydrogen-bond donors (Lipinski definition) is 0. The maximum atomic E-state index is 5.07. The van der Waals surface area contributed by atoms with Crippen LogP contribution in [0.25, 0.3) is 23.3 Å². The zero-order chi connectivity index (χ0) is 40.2. The minimum atomic E-state index is -1.75. The highest BCUT2D eigenvalue weighted by Gasteiger charge is 2.48. The number of aromatic nitrogens is 1. The minimum Gasteiger partial charge on any atom is -0.309 e. The predicted molar refractivity (Wildman–Crippen MR) is 261 cm³/mol. The van der Waals surface area contributed by atoms with Gasteiger partial charge in [0.15, 0.2) is 0 Å². The molecule has 13 rings (SSSR count). The van der Waals surface area contributed by atoms with Gasteiger partial charge in [0.25, 0.3) is 0 Å². The van der Waals surface area contributed by atoms with Crippen LogP contribution >= 0.6 is 10.0 Å². The van der Waals surface area contributed by atoms with Gasteiger partial charge in [-0.2, -0.15) is 10.0 Å². The van der Waals surface area contributed by atoms with Crippen molar-refractivity contribution in [1.29, 1.82) is 0 Å². The molecule has 0 N–H and O–H groups in total. The predicted octanol–water partition coefficient (Wildman–Crippen LogP) is 14.0. The fourth-order valence-electron chi connectivity index (χ4n) is 13.0. The van der Waals surface area contributed by atoms with Crippen molar-refractivity contribution in [3.8, 4) is 11.1 Å². The molecule has 4 aliphatic heterocycles. The average Bonchev–Trinajstić information content (AvgIpc) is 4.16. The lowest BCUT2D eigenvalue weighted by Gasteiger charge is -2.47. The maximum absolute atomic E-state index is 5.07. The van der Waals surface area contributed by atoms with Crippen molar-refractivity contribution in [1.82, 2.24) is 4.98 Å². The summed E-state index contributed by atoms with van der Waals surface area (Å²) in [7, 11) is -2.77. The van der Waals surface area contributed by atoms with Gasteiger partial charge in [-0.05, 0) is 154 Å². The number of pyridine rings is 1. The molecule has 2 saturated heterocycles. The van der Waals surface area contributed by atoms with Crippen molar-refractivity contribution in [2.24, 2.45) is 0 Å². The van der Waals surface area contributed by atoms with E-state index in [0.29, 0.717) is 0 Å². The molecule has 2 aliphatic carbocycles. The third-order valence-electron chi connectivity index (χ3n) is 15.6. The monoisotopic (exact) mass is 825 g/mol. The van der Waals surface area contributed by atoms with Crippen molar-refractivity contribution in [3.05, 3.63) is 174 Å². The second-order valence-corrected chi connectivity index (χ2v) is 26.2. The first-order chi connectivity index (χ1) is 30.2. The zero-order valence-electron chi connectivity index (χ0n) is 34.8. The quantitative estimate of drug-likeness (QED) is 0.165. The molecule has 300 valence electrons. The number of nitrogens with zero attached hydrogens (tertiary/aromatic N) is 3. The van der Waals surface area contributed by atoms with Crippen molar-refractivity contribution < 1.29 is 0 Å². The van der Waals surface area contributed by atoms with Gasteiger partial charge < -0.3 is 9.80 Å². The van der Waals surface area contributed by atoms with Crippen molar-refractivity contribution in [2.45, 2.75) is 78.7 Å². The lowest BCUT2D eigenvalue weighted by molar-refractivity contribution is 0.550. The highest BCUT2D eigenvalue weighted by atomic mass is 32.3. The van der Waals surface area contributed by atoms with E-state index in [1.807, 2.05) is 0 Å². The Balaban J connectivity index is 0.830. The van der Waals surface area contributed by atoms with E-state index < -0.39 is 18.1 Å². The van der Waals surface area contributed by atoms with Crippen LogP contribution < -0.4 is 20.2 Å². The molecule has 1 aromatic heterocycles. The van der Waals surface area contributed by atoms with Crippen LogP contribution in [0.4, 0.5) is 34.1 Å². The summed E-state index contributed by atoms with van der Waals surface area (Å²) in [6, 6.07) is 59.1. The van der Waals surface area contributed by atoms with E-state index in [0.717, 1.165) is 11.4 Å². The molecule has 5 heteroatoms. The van der Waals surface area contributed by atoms with Gasteiger partial charge in [0, 0.05) is 32.3 Å².